The van der Waals surface area contributed by atoms with Crippen molar-refractivity contribution < 1.29 is 14.3 Å². The fraction of sp³-hybridized carbons (Fsp3) is 0.333. The predicted molar refractivity (Wildman–Crippen MR) is 100.0 cm³/mol. The van der Waals surface area contributed by atoms with Gasteiger partial charge in [0.2, 0.25) is 5.91 Å². The summed E-state index contributed by atoms with van der Waals surface area (Å²) in [5, 5.41) is 0.573. The lowest BCUT2D eigenvalue weighted by molar-refractivity contribution is -0.131. The minimum absolute atomic E-state index is 0.0383. The number of hydrogen-bond acceptors (Lipinski definition) is 3. The van der Waals surface area contributed by atoms with Crippen molar-refractivity contribution in [3.63, 3.8) is 0 Å². The number of amides is 2. The van der Waals surface area contributed by atoms with E-state index < -0.39 is 0 Å². The molecule has 1 fully saturated rings. The van der Waals surface area contributed by atoms with Gasteiger partial charge >= 0.3 is 0 Å². The summed E-state index contributed by atoms with van der Waals surface area (Å²) in [4.78, 5) is 31.2. The maximum atomic E-state index is 12.5. The Bertz CT molecular complexity index is 794. The van der Waals surface area contributed by atoms with Gasteiger partial charge in [0.25, 0.3) is 5.91 Å². The first-order valence-corrected chi connectivity index (χ1v) is 8.97. The Morgan fingerprint density at radius 2 is 1.81 bits per heavy atom. The number of hydrogen-bond donors (Lipinski definition) is 1. The first kappa shape index (κ1) is 18.6. The number of methoxy groups -OCH3 is 1. The summed E-state index contributed by atoms with van der Waals surface area (Å²) in [5.74, 6) is 0.601. The van der Waals surface area contributed by atoms with E-state index in [4.69, 9.17) is 27.9 Å². The summed E-state index contributed by atoms with van der Waals surface area (Å²) in [6, 6.07) is 8.99. The summed E-state index contributed by atoms with van der Waals surface area (Å²) in [5.41, 5.74) is 1.26. The van der Waals surface area contributed by atoms with Crippen LogP contribution in [0.2, 0.25) is 10.2 Å². The zero-order valence-electron chi connectivity index (χ0n) is 14.3. The van der Waals surface area contributed by atoms with E-state index in [-0.39, 0.29) is 17.0 Å². The monoisotopic (exact) mass is 395 g/mol. The third kappa shape index (κ3) is 4.14. The van der Waals surface area contributed by atoms with Crippen LogP contribution in [0.5, 0.6) is 5.75 Å². The molecular formula is C18H19Cl2N3O3. The SMILES string of the molecule is COc1cccc(CC(=O)N2CCN(C(=O)c3cc(Cl)c(Cl)[nH]3)CC2)c1. The fourth-order valence-corrected chi connectivity index (χ4v) is 3.23. The molecule has 0 aliphatic carbocycles. The Hall–Kier alpha value is -2.18. The van der Waals surface area contributed by atoms with Crippen LogP contribution in [0, 0.1) is 0 Å². The van der Waals surface area contributed by atoms with Crippen LogP contribution in [-0.2, 0) is 11.2 Å². The number of ether oxygens (including phenoxy) is 1. The van der Waals surface area contributed by atoms with Crippen LogP contribution in [0.3, 0.4) is 0 Å². The van der Waals surface area contributed by atoms with Gasteiger partial charge in [0.15, 0.2) is 0 Å². The molecular weight excluding hydrogens is 377 g/mol. The number of carbonyl (C=O) groups is 2. The lowest BCUT2D eigenvalue weighted by Gasteiger charge is -2.34. The molecule has 2 amide bonds. The van der Waals surface area contributed by atoms with Gasteiger partial charge in [0, 0.05) is 26.2 Å². The molecule has 2 heterocycles. The van der Waals surface area contributed by atoms with Crippen molar-refractivity contribution in [3.8, 4) is 5.75 Å². The largest absolute Gasteiger partial charge is 0.497 e. The van der Waals surface area contributed by atoms with Gasteiger partial charge in [0.05, 0.1) is 18.6 Å². The van der Waals surface area contributed by atoms with Crippen LogP contribution < -0.4 is 4.74 Å². The van der Waals surface area contributed by atoms with Crippen LogP contribution in [0.1, 0.15) is 16.1 Å². The molecule has 0 bridgehead atoms. The van der Waals surface area contributed by atoms with Crippen LogP contribution in [0.25, 0.3) is 0 Å². The molecule has 0 atom stereocenters. The molecule has 1 aliphatic rings. The number of aromatic nitrogens is 1. The van der Waals surface area contributed by atoms with Crippen LogP contribution in [0.4, 0.5) is 0 Å². The number of nitrogens with one attached hydrogen (secondary N) is 1. The van der Waals surface area contributed by atoms with Gasteiger partial charge in [0.1, 0.15) is 16.6 Å². The summed E-state index contributed by atoms with van der Waals surface area (Å²) in [6.07, 6.45) is 0.312. The molecule has 0 unspecified atom stereocenters. The molecule has 0 spiro atoms. The van der Waals surface area contributed by atoms with E-state index in [0.29, 0.717) is 43.3 Å². The molecule has 0 saturated carbocycles. The highest BCUT2D eigenvalue weighted by atomic mass is 35.5. The summed E-state index contributed by atoms with van der Waals surface area (Å²) < 4.78 is 5.18. The molecule has 2 aromatic rings. The van der Waals surface area contributed by atoms with Crippen molar-refractivity contribution in [2.24, 2.45) is 0 Å². The highest BCUT2D eigenvalue weighted by Gasteiger charge is 2.26. The molecule has 26 heavy (non-hydrogen) atoms. The van der Waals surface area contributed by atoms with Crippen molar-refractivity contribution in [1.82, 2.24) is 14.8 Å². The highest BCUT2D eigenvalue weighted by Crippen LogP contribution is 2.23. The van der Waals surface area contributed by atoms with Gasteiger partial charge in [-0.2, -0.15) is 0 Å². The van der Waals surface area contributed by atoms with Crippen LogP contribution >= 0.6 is 23.2 Å². The van der Waals surface area contributed by atoms with Crippen molar-refractivity contribution in [1.29, 1.82) is 0 Å². The van der Waals surface area contributed by atoms with Gasteiger partial charge < -0.3 is 19.5 Å². The number of benzene rings is 1. The lowest BCUT2D eigenvalue weighted by Crippen LogP contribution is -2.51. The van der Waals surface area contributed by atoms with Gasteiger partial charge in [-0.25, -0.2) is 0 Å². The average Bonchev–Trinajstić information content (AvgIpc) is 3.00. The number of piperazine rings is 1. The molecule has 8 heteroatoms. The van der Waals surface area contributed by atoms with E-state index in [1.807, 2.05) is 24.3 Å². The molecule has 1 saturated heterocycles. The molecule has 1 aromatic heterocycles. The minimum atomic E-state index is -0.168. The van der Waals surface area contributed by atoms with Crippen LogP contribution in [0.15, 0.2) is 30.3 Å². The number of carbonyl (C=O) groups excluding carboxylic acids is 2. The van der Waals surface area contributed by atoms with E-state index in [0.717, 1.165) is 11.3 Å². The molecule has 138 valence electrons. The zero-order chi connectivity index (χ0) is 18.7. The Morgan fingerprint density at radius 1 is 1.12 bits per heavy atom. The second kappa shape index (κ2) is 8.01. The number of aromatic amines is 1. The Morgan fingerprint density at radius 3 is 2.42 bits per heavy atom. The number of H-pyrrole nitrogens is 1. The van der Waals surface area contributed by atoms with Crippen molar-refractivity contribution >= 4 is 35.0 Å². The lowest BCUT2D eigenvalue weighted by atomic mass is 10.1. The predicted octanol–water partition coefficient (Wildman–Crippen LogP) is 2.86. The van der Waals surface area contributed by atoms with Crippen molar-refractivity contribution in [2.45, 2.75) is 6.42 Å². The Balaban J connectivity index is 1.55. The van der Waals surface area contributed by atoms with E-state index in [1.165, 1.54) is 6.07 Å². The molecule has 0 radical (unpaired) electrons. The molecule has 3 rings (SSSR count). The average molecular weight is 396 g/mol. The highest BCUT2D eigenvalue weighted by molar-refractivity contribution is 6.41. The fourth-order valence-electron chi connectivity index (χ4n) is 2.92. The van der Waals surface area contributed by atoms with Gasteiger partial charge in [-0.15, -0.1) is 0 Å². The maximum absolute atomic E-state index is 12.5. The van der Waals surface area contributed by atoms with E-state index in [9.17, 15) is 9.59 Å². The topological polar surface area (TPSA) is 65.6 Å². The summed E-state index contributed by atoms with van der Waals surface area (Å²) >= 11 is 11.7. The normalized spacial score (nSPS) is 14.4. The van der Waals surface area contributed by atoms with Gasteiger partial charge in [-0.05, 0) is 23.8 Å². The van der Waals surface area contributed by atoms with E-state index >= 15 is 0 Å². The third-order valence-corrected chi connectivity index (χ3v) is 5.06. The van der Waals surface area contributed by atoms with Gasteiger partial charge in [-0.1, -0.05) is 35.3 Å². The number of halogens is 2. The van der Waals surface area contributed by atoms with Crippen molar-refractivity contribution in [2.75, 3.05) is 33.3 Å². The standard InChI is InChI=1S/C18H19Cl2N3O3/c1-26-13-4-2-3-12(9-13)10-16(24)22-5-7-23(8-6-22)18(25)15-11-14(19)17(20)21-15/h2-4,9,11,21H,5-8,10H2,1H3. The number of nitrogens with zero attached hydrogens (tertiary/aromatic N) is 2. The molecule has 1 N–H and O–H groups in total. The second-order valence-corrected chi connectivity index (χ2v) is 6.83. The van der Waals surface area contributed by atoms with Gasteiger partial charge in [-0.3, -0.25) is 9.59 Å². The quantitative estimate of drug-likeness (QED) is 0.865. The Labute approximate surface area is 161 Å². The van der Waals surface area contributed by atoms with E-state index in [1.54, 1.807) is 16.9 Å². The van der Waals surface area contributed by atoms with E-state index in [2.05, 4.69) is 4.98 Å². The number of rotatable bonds is 4. The zero-order valence-corrected chi connectivity index (χ0v) is 15.8. The first-order valence-electron chi connectivity index (χ1n) is 8.22. The first-order chi connectivity index (χ1) is 12.5. The smallest absolute Gasteiger partial charge is 0.270 e. The second-order valence-electron chi connectivity index (χ2n) is 6.05. The molecule has 1 aliphatic heterocycles. The molecule has 6 nitrogen and oxygen atoms in total. The maximum Gasteiger partial charge on any atom is 0.270 e. The van der Waals surface area contributed by atoms with Crippen LogP contribution in [-0.4, -0.2) is 59.9 Å². The van der Waals surface area contributed by atoms with Crippen molar-refractivity contribution in [3.05, 3.63) is 51.8 Å². The summed E-state index contributed by atoms with van der Waals surface area (Å²) in [7, 11) is 1.60. The summed E-state index contributed by atoms with van der Waals surface area (Å²) in [6.45, 7) is 1.93. The third-order valence-electron chi connectivity index (χ3n) is 4.36. The Kier molecular flexibility index (Phi) is 5.74. The minimum Gasteiger partial charge on any atom is -0.497 e. The molecule has 1 aromatic carbocycles.